The molecule has 0 bridgehead atoms. The van der Waals surface area contributed by atoms with E-state index in [1.54, 1.807) is 32.0 Å². The highest BCUT2D eigenvalue weighted by Gasteiger charge is 2.60. The molecule has 0 aliphatic carbocycles. The molecule has 258 valence electrons. The van der Waals surface area contributed by atoms with Gasteiger partial charge in [-0.05, 0) is 24.1 Å². The third-order valence-electron chi connectivity index (χ3n) is 7.01. The maximum atomic E-state index is 15.0. The van der Waals surface area contributed by atoms with E-state index in [1.165, 1.54) is 21.3 Å². The Kier molecular flexibility index (Phi) is 10.9. The molecule has 4 rings (SSSR count). The Morgan fingerprint density at radius 2 is 1.94 bits per heavy atom. The number of carbonyl (C=O) groups excluding carboxylic acids is 2. The van der Waals surface area contributed by atoms with Crippen molar-refractivity contribution in [1.82, 2.24) is 20.0 Å². The summed E-state index contributed by atoms with van der Waals surface area (Å²) >= 11 is 0. The normalized spacial score (nSPS) is 20.9. The van der Waals surface area contributed by atoms with Crippen LogP contribution in [0.3, 0.4) is 0 Å². The number of methoxy groups -OCH3 is 2. The molecule has 1 aliphatic heterocycles. The Balaban J connectivity index is 1.38. The Morgan fingerprint density at radius 1 is 1.21 bits per heavy atom. The number of nitrogens with one attached hydrogen (secondary N) is 3. The molecule has 0 saturated carbocycles. The number of fused-ring (bicyclic) bond motifs is 1. The van der Waals surface area contributed by atoms with Gasteiger partial charge >= 0.3 is 25.5 Å². The van der Waals surface area contributed by atoms with Crippen LogP contribution in [0.5, 0.6) is 11.5 Å². The topological polar surface area (TPSA) is 222 Å². The van der Waals surface area contributed by atoms with Crippen molar-refractivity contribution >= 4 is 36.5 Å². The van der Waals surface area contributed by atoms with E-state index >= 15 is 8.78 Å². The summed E-state index contributed by atoms with van der Waals surface area (Å²) < 4.78 is 74.2. The summed E-state index contributed by atoms with van der Waals surface area (Å²) in [6.07, 6.45) is -7.03. The number of likely N-dealkylation sites (N-methyl/N-ethyl adjacent to an activating group) is 1. The van der Waals surface area contributed by atoms with Crippen molar-refractivity contribution in [3.05, 3.63) is 46.7 Å². The van der Waals surface area contributed by atoms with Crippen LogP contribution >= 0.6 is 7.75 Å². The second kappa shape index (κ2) is 14.3. The largest absolute Gasteiger partial charge is 0.497 e. The molecule has 3 aromatic rings. The molecule has 3 unspecified atom stereocenters. The summed E-state index contributed by atoms with van der Waals surface area (Å²) in [5, 5.41) is 17.5. The van der Waals surface area contributed by atoms with Gasteiger partial charge in [0.1, 0.15) is 23.4 Å². The Hall–Kier alpha value is -4.13. The molecule has 0 radical (unpaired) electrons. The monoisotopic (exact) mass is 689 g/mol. The lowest BCUT2D eigenvalue weighted by Gasteiger charge is -2.24. The van der Waals surface area contributed by atoms with E-state index < -0.39 is 68.4 Å². The molecule has 5 atom stereocenters. The number of anilines is 1. The molecule has 47 heavy (non-hydrogen) atoms. The van der Waals surface area contributed by atoms with Crippen LogP contribution in [0.2, 0.25) is 0 Å². The number of furan rings is 1. The number of nitrogens with zero attached hydrogens (tertiary/aromatic N) is 2. The smallest absolute Gasteiger partial charge is 0.413 e. The average Bonchev–Trinajstić information content (AvgIpc) is 3.54. The summed E-state index contributed by atoms with van der Waals surface area (Å²) in [4.78, 5) is 50.7. The molecular weight excluding hydrogens is 655 g/mol. The number of ether oxygens (including phenoxy) is 4. The van der Waals surface area contributed by atoms with Gasteiger partial charge in [0, 0.05) is 24.7 Å². The van der Waals surface area contributed by atoms with Crippen LogP contribution in [0.15, 0.2) is 39.7 Å². The zero-order valence-corrected chi connectivity index (χ0v) is 26.7. The molecule has 0 spiro atoms. The maximum absolute atomic E-state index is 15.0. The first-order valence-corrected chi connectivity index (χ1v) is 15.5. The van der Waals surface area contributed by atoms with Crippen LogP contribution in [-0.4, -0.2) is 83.6 Å². The van der Waals surface area contributed by atoms with Crippen LogP contribution in [-0.2, 0) is 30.0 Å². The highest BCUT2D eigenvalue weighted by Crippen LogP contribution is 2.45. The number of halogens is 2. The van der Waals surface area contributed by atoms with Crippen LogP contribution in [0, 0.1) is 5.92 Å². The van der Waals surface area contributed by atoms with Crippen LogP contribution in [0.25, 0.3) is 11.0 Å². The molecule has 1 aliphatic rings. The highest BCUT2D eigenvalue weighted by atomic mass is 31.2. The van der Waals surface area contributed by atoms with Crippen molar-refractivity contribution in [2.45, 2.75) is 50.9 Å². The van der Waals surface area contributed by atoms with E-state index in [-0.39, 0.29) is 18.2 Å². The van der Waals surface area contributed by atoms with Gasteiger partial charge in [0.15, 0.2) is 24.0 Å². The van der Waals surface area contributed by atoms with Gasteiger partial charge in [-0.2, -0.15) is 13.8 Å². The molecule has 2 amide bonds. The van der Waals surface area contributed by atoms with Gasteiger partial charge in [-0.3, -0.25) is 19.2 Å². The lowest BCUT2D eigenvalue weighted by molar-refractivity contribution is -0.140. The van der Waals surface area contributed by atoms with Crippen molar-refractivity contribution in [3.8, 4) is 11.5 Å². The van der Waals surface area contributed by atoms with Gasteiger partial charge in [-0.25, -0.2) is 19.2 Å². The van der Waals surface area contributed by atoms with Crippen LogP contribution < -0.4 is 30.9 Å². The van der Waals surface area contributed by atoms with Crippen molar-refractivity contribution in [1.29, 1.82) is 0 Å². The van der Waals surface area contributed by atoms with Crippen molar-refractivity contribution in [2.24, 2.45) is 5.92 Å². The minimum Gasteiger partial charge on any atom is -0.497 e. The third-order valence-corrected chi connectivity index (χ3v) is 8.12. The SMILES string of the molecule is CNC(=O)[C@@H](NP(=O)(O)OCC1OC(n2ccc(NC(=O)OCc3cc4cc(OC)cc(OC)c4o3)nc2=O)C(F)(F)[C@@H]1O)C(C)C. The number of benzene rings is 1. The fourth-order valence-electron chi connectivity index (χ4n) is 4.59. The maximum Gasteiger partial charge on any atom is 0.413 e. The second-order valence-electron chi connectivity index (χ2n) is 10.6. The van der Waals surface area contributed by atoms with Gasteiger partial charge in [0.25, 0.3) is 0 Å². The van der Waals surface area contributed by atoms with Crippen molar-refractivity contribution in [3.63, 3.8) is 0 Å². The first kappa shape index (κ1) is 35.7. The number of alkyl halides is 2. The molecular formula is C27H34F2N5O12P. The number of aromatic nitrogens is 2. The molecule has 1 saturated heterocycles. The molecule has 1 aromatic carbocycles. The predicted octanol–water partition coefficient (Wildman–Crippen LogP) is 2.13. The quantitative estimate of drug-likeness (QED) is 0.162. The van der Waals surface area contributed by atoms with Gasteiger partial charge in [0.05, 0.1) is 26.9 Å². The first-order valence-electron chi connectivity index (χ1n) is 14.0. The molecule has 5 N–H and O–H groups in total. The summed E-state index contributed by atoms with van der Waals surface area (Å²) in [7, 11) is -0.496. The lowest BCUT2D eigenvalue weighted by atomic mass is 10.1. The van der Waals surface area contributed by atoms with Crippen LogP contribution in [0.4, 0.5) is 19.4 Å². The van der Waals surface area contributed by atoms with Gasteiger partial charge < -0.3 is 38.7 Å². The summed E-state index contributed by atoms with van der Waals surface area (Å²) in [6.45, 7) is 1.85. The van der Waals surface area contributed by atoms with E-state index in [2.05, 4.69) is 20.7 Å². The van der Waals surface area contributed by atoms with E-state index in [1.807, 2.05) is 0 Å². The number of aliphatic hydroxyl groups is 1. The van der Waals surface area contributed by atoms with Gasteiger partial charge in [0.2, 0.25) is 12.1 Å². The lowest BCUT2D eigenvalue weighted by Crippen LogP contribution is -2.45. The summed E-state index contributed by atoms with van der Waals surface area (Å²) in [6, 6.07) is 4.75. The number of hydrogen-bond acceptors (Lipinski definition) is 12. The number of rotatable bonds is 13. The number of carbonyl (C=O) groups is 2. The average molecular weight is 690 g/mol. The number of hydrogen-bond donors (Lipinski definition) is 5. The molecule has 2 aromatic heterocycles. The van der Waals surface area contributed by atoms with Gasteiger partial charge in [-0.15, -0.1) is 0 Å². The van der Waals surface area contributed by atoms with E-state index in [9.17, 15) is 28.9 Å². The summed E-state index contributed by atoms with van der Waals surface area (Å²) in [5.74, 6) is -4.34. The minimum absolute atomic E-state index is 0.252. The number of amides is 2. The standard InChI is InChI=1S/C27H34F2N5O12P/c1-13(2)20(23(36)30-3)33-47(39,40)44-12-18-22(35)27(28,29)24(46-18)34-7-6-19(31-25(34)37)32-26(38)43-11-16-9-14-8-15(41-4)10-17(42-5)21(14)45-16/h6-10,13,18,20,22,24,35H,11-12H2,1-5H3,(H,30,36)(H2,33,39,40)(H,31,32,37,38)/t18?,20-,22+,24?/m0/s1. The third kappa shape index (κ3) is 8.06. The molecule has 17 nitrogen and oxygen atoms in total. The minimum atomic E-state index is -4.75. The Labute approximate surface area is 265 Å². The Morgan fingerprint density at radius 3 is 2.55 bits per heavy atom. The van der Waals surface area contributed by atoms with Crippen molar-refractivity contribution in [2.75, 3.05) is 33.2 Å². The van der Waals surface area contributed by atoms with Gasteiger partial charge in [-0.1, -0.05) is 13.8 Å². The highest BCUT2D eigenvalue weighted by molar-refractivity contribution is 7.50. The van der Waals surface area contributed by atoms with Crippen molar-refractivity contribution < 1.29 is 60.8 Å². The van der Waals surface area contributed by atoms with Crippen LogP contribution in [0.1, 0.15) is 25.8 Å². The van der Waals surface area contributed by atoms with E-state index in [0.717, 1.165) is 12.3 Å². The zero-order valence-electron chi connectivity index (χ0n) is 25.8. The van der Waals surface area contributed by atoms with E-state index in [0.29, 0.717) is 27.0 Å². The fourth-order valence-corrected chi connectivity index (χ4v) is 5.78. The molecule has 1 fully saturated rings. The second-order valence-corrected chi connectivity index (χ2v) is 12.1. The molecule has 3 heterocycles. The fraction of sp³-hybridized carbons (Fsp3) is 0.481. The Bertz CT molecular complexity index is 1720. The molecule has 20 heteroatoms. The first-order chi connectivity index (χ1) is 22.1. The van der Waals surface area contributed by atoms with E-state index in [4.69, 9.17) is 27.9 Å². The number of aliphatic hydroxyl groups excluding tert-OH is 1. The summed E-state index contributed by atoms with van der Waals surface area (Å²) in [5.41, 5.74) is -0.898. The predicted molar refractivity (Wildman–Crippen MR) is 158 cm³/mol. The zero-order chi connectivity index (χ0) is 34.7.